The van der Waals surface area contributed by atoms with Gasteiger partial charge in [0.25, 0.3) is 5.91 Å². The number of rotatable bonds is 2. The molecule has 1 saturated carbocycles. The Balaban J connectivity index is 1.60. The molecule has 3 nitrogen and oxygen atoms in total. The minimum Gasteiger partial charge on any atom is -0.349 e. The summed E-state index contributed by atoms with van der Waals surface area (Å²) in [5.41, 5.74) is 4.99. The molecule has 0 unspecified atom stereocenters. The van der Waals surface area contributed by atoms with Crippen LogP contribution in [-0.4, -0.2) is 17.7 Å². The van der Waals surface area contributed by atoms with Crippen LogP contribution in [0, 0.1) is 18.8 Å². The second-order valence-electron chi connectivity index (χ2n) is 8.33. The zero-order chi connectivity index (χ0) is 19.8. The topological polar surface area (TPSA) is 41.5 Å². The quantitative estimate of drug-likeness (QED) is 0.665. The highest BCUT2D eigenvalue weighted by atomic mass is 32.2. The summed E-state index contributed by atoms with van der Waals surface area (Å²) in [6.45, 7) is 8.70. The van der Waals surface area contributed by atoms with Gasteiger partial charge in [-0.05, 0) is 62.4 Å². The van der Waals surface area contributed by atoms with E-state index in [1.54, 1.807) is 11.8 Å². The molecule has 2 aromatic carbocycles. The molecule has 3 atom stereocenters. The summed E-state index contributed by atoms with van der Waals surface area (Å²) in [4.78, 5) is 20.1. The van der Waals surface area contributed by atoms with Crippen LogP contribution in [0.5, 0.6) is 0 Å². The number of nitrogens with zero attached hydrogens (tertiary/aromatic N) is 1. The molecule has 1 aliphatic carbocycles. The van der Waals surface area contributed by atoms with Crippen LogP contribution in [0.1, 0.15) is 61.5 Å². The van der Waals surface area contributed by atoms with E-state index in [2.05, 4.69) is 44.3 Å². The van der Waals surface area contributed by atoms with Crippen molar-refractivity contribution in [3.8, 4) is 0 Å². The Bertz CT molecular complexity index is 950. The molecule has 28 heavy (non-hydrogen) atoms. The highest BCUT2D eigenvalue weighted by molar-refractivity contribution is 7.99. The van der Waals surface area contributed by atoms with Crippen molar-refractivity contribution in [1.29, 1.82) is 0 Å². The highest BCUT2D eigenvalue weighted by Gasteiger charge is 2.28. The third kappa shape index (κ3) is 3.75. The molecule has 0 bridgehead atoms. The summed E-state index contributed by atoms with van der Waals surface area (Å²) in [7, 11) is 0. The van der Waals surface area contributed by atoms with E-state index in [1.807, 2.05) is 25.1 Å². The lowest BCUT2D eigenvalue weighted by Gasteiger charge is -2.34. The summed E-state index contributed by atoms with van der Waals surface area (Å²) >= 11 is 1.73. The number of carbonyl (C=O) groups excluding carboxylic acids is 1. The van der Waals surface area contributed by atoms with Crippen LogP contribution in [0.4, 0.5) is 5.69 Å². The Kier molecular flexibility index (Phi) is 5.33. The van der Waals surface area contributed by atoms with Gasteiger partial charge in [0, 0.05) is 32.7 Å². The molecule has 2 aromatic rings. The molecule has 146 valence electrons. The Hall–Kier alpha value is -2.07. The molecule has 0 spiro atoms. The van der Waals surface area contributed by atoms with Gasteiger partial charge in [0.1, 0.15) is 0 Å². The minimum absolute atomic E-state index is 0.0178. The lowest BCUT2D eigenvalue weighted by Crippen LogP contribution is -2.43. The number of amides is 1. The fraction of sp³-hybridized carbons (Fsp3) is 0.417. The SMILES string of the molecule is CC1=Nc2cc(C(=O)N[C@@H]3CCC[C@@H](C)[C@@H]3C)ccc2Sc2ccc(C)cc21. The van der Waals surface area contributed by atoms with Gasteiger partial charge in [-0.2, -0.15) is 0 Å². The Morgan fingerprint density at radius 3 is 2.68 bits per heavy atom. The van der Waals surface area contributed by atoms with Crippen molar-refractivity contribution >= 4 is 29.1 Å². The van der Waals surface area contributed by atoms with Crippen molar-refractivity contribution in [2.75, 3.05) is 0 Å². The standard InChI is InChI=1S/C24H28N2OS/c1-14-8-10-22-19(12-14)17(4)25-21-13-18(9-11-23(21)28-22)24(27)26-20-7-5-6-15(2)16(20)3/h8-13,15-16,20H,5-7H2,1-4H3,(H,26,27)/t15-,16+,20-/m1/s1. The molecular weight excluding hydrogens is 364 g/mol. The molecule has 2 aliphatic rings. The predicted molar refractivity (Wildman–Crippen MR) is 117 cm³/mol. The molecule has 0 aromatic heterocycles. The van der Waals surface area contributed by atoms with E-state index in [9.17, 15) is 4.79 Å². The van der Waals surface area contributed by atoms with Crippen LogP contribution < -0.4 is 5.32 Å². The molecule has 1 N–H and O–H groups in total. The minimum atomic E-state index is 0.0178. The van der Waals surface area contributed by atoms with Gasteiger partial charge in [-0.25, -0.2) is 0 Å². The van der Waals surface area contributed by atoms with E-state index in [0.29, 0.717) is 17.4 Å². The third-order valence-electron chi connectivity index (χ3n) is 6.28. The summed E-state index contributed by atoms with van der Waals surface area (Å²) in [6, 6.07) is 12.7. The number of benzene rings is 2. The summed E-state index contributed by atoms with van der Waals surface area (Å²) in [5.74, 6) is 1.20. The van der Waals surface area contributed by atoms with Gasteiger partial charge in [-0.1, -0.05) is 50.1 Å². The lowest BCUT2D eigenvalue weighted by molar-refractivity contribution is 0.0891. The van der Waals surface area contributed by atoms with Gasteiger partial charge in [0.05, 0.1) is 5.69 Å². The Morgan fingerprint density at radius 2 is 1.86 bits per heavy atom. The Morgan fingerprint density at radius 1 is 1.07 bits per heavy atom. The van der Waals surface area contributed by atoms with Gasteiger partial charge in [0.2, 0.25) is 0 Å². The maximum atomic E-state index is 12.9. The van der Waals surface area contributed by atoms with Gasteiger partial charge >= 0.3 is 0 Å². The first-order valence-corrected chi connectivity index (χ1v) is 11.0. The molecule has 1 heterocycles. The van der Waals surface area contributed by atoms with Crippen molar-refractivity contribution in [3.05, 3.63) is 53.1 Å². The van der Waals surface area contributed by atoms with Gasteiger partial charge < -0.3 is 5.32 Å². The smallest absolute Gasteiger partial charge is 0.251 e. The van der Waals surface area contributed by atoms with Crippen LogP contribution in [0.25, 0.3) is 0 Å². The van der Waals surface area contributed by atoms with Crippen LogP contribution in [0.2, 0.25) is 0 Å². The maximum Gasteiger partial charge on any atom is 0.251 e. The van der Waals surface area contributed by atoms with Crippen molar-refractivity contribution in [3.63, 3.8) is 0 Å². The van der Waals surface area contributed by atoms with E-state index in [0.717, 1.165) is 22.7 Å². The molecule has 1 fully saturated rings. The van der Waals surface area contributed by atoms with E-state index in [4.69, 9.17) is 4.99 Å². The average molecular weight is 393 g/mol. The van der Waals surface area contributed by atoms with Crippen LogP contribution in [-0.2, 0) is 0 Å². The molecule has 1 amide bonds. The number of carbonyl (C=O) groups is 1. The van der Waals surface area contributed by atoms with Crippen LogP contribution in [0.3, 0.4) is 0 Å². The molecule has 0 saturated heterocycles. The van der Waals surface area contributed by atoms with Crippen LogP contribution in [0.15, 0.2) is 51.2 Å². The number of hydrogen-bond donors (Lipinski definition) is 1. The number of aryl methyl sites for hydroxylation is 1. The zero-order valence-electron chi connectivity index (χ0n) is 17.1. The molecule has 4 heteroatoms. The van der Waals surface area contributed by atoms with Gasteiger partial charge in [-0.3, -0.25) is 9.79 Å². The molecule has 4 rings (SSSR count). The number of nitrogens with one attached hydrogen (secondary N) is 1. The van der Waals surface area contributed by atoms with E-state index >= 15 is 0 Å². The van der Waals surface area contributed by atoms with Crippen molar-refractivity contribution in [1.82, 2.24) is 5.32 Å². The summed E-state index contributed by atoms with van der Waals surface area (Å²) < 4.78 is 0. The molecule has 0 radical (unpaired) electrons. The maximum absolute atomic E-state index is 12.9. The number of fused-ring (bicyclic) bond motifs is 2. The first kappa shape index (κ1) is 19.3. The number of aliphatic imine (C=N–C) groups is 1. The van der Waals surface area contributed by atoms with E-state index in [1.165, 1.54) is 28.9 Å². The van der Waals surface area contributed by atoms with E-state index < -0.39 is 0 Å². The second-order valence-corrected chi connectivity index (χ2v) is 9.41. The van der Waals surface area contributed by atoms with Gasteiger partial charge in [-0.15, -0.1) is 0 Å². The van der Waals surface area contributed by atoms with Crippen molar-refractivity contribution in [2.24, 2.45) is 16.8 Å². The van der Waals surface area contributed by atoms with Gasteiger partial charge in [0.15, 0.2) is 0 Å². The second kappa shape index (κ2) is 7.75. The van der Waals surface area contributed by atoms with Crippen molar-refractivity contribution in [2.45, 2.75) is 62.8 Å². The highest BCUT2D eigenvalue weighted by Crippen LogP contribution is 2.41. The Labute approximate surface area is 172 Å². The first-order chi connectivity index (χ1) is 13.4. The first-order valence-electron chi connectivity index (χ1n) is 10.2. The fourth-order valence-corrected chi connectivity index (χ4v) is 5.28. The van der Waals surface area contributed by atoms with Crippen molar-refractivity contribution < 1.29 is 4.79 Å². The van der Waals surface area contributed by atoms with E-state index in [-0.39, 0.29) is 11.9 Å². The normalized spacial score (nSPS) is 23.9. The molecular formula is C24H28N2OS. The fourth-order valence-electron chi connectivity index (χ4n) is 4.24. The predicted octanol–water partition coefficient (Wildman–Crippen LogP) is 6.15. The largest absolute Gasteiger partial charge is 0.349 e. The lowest BCUT2D eigenvalue weighted by atomic mass is 9.78. The average Bonchev–Trinajstić information content (AvgIpc) is 2.80. The number of hydrogen-bond acceptors (Lipinski definition) is 3. The third-order valence-corrected chi connectivity index (χ3v) is 7.42. The summed E-state index contributed by atoms with van der Waals surface area (Å²) in [6.07, 6.45) is 3.53. The molecule has 1 aliphatic heterocycles. The zero-order valence-corrected chi connectivity index (χ0v) is 17.9. The van der Waals surface area contributed by atoms with Crippen LogP contribution >= 0.6 is 11.8 Å². The summed E-state index contributed by atoms with van der Waals surface area (Å²) in [5, 5.41) is 3.28. The monoisotopic (exact) mass is 392 g/mol.